The Kier molecular flexibility index (Phi) is 5.11. The minimum absolute atomic E-state index is 0.0278. The molecular formula is C20H21FN6O2. The quantitative estimate of drug-likeness (QED) is 0.641. The first-order chi connectivity index (χ1) is 14.0. The van der Waals surface area contributed by atoms with Crippen molar-refractivity contribution in [3.05, 3.63) is 66.3 Å². The molecule has 1 aromatic carbocycles. The van der Waals surface area contributed by atoms with Gasteiger partial charge < -0.3 is 15.2 Å². The fourth-order valence-electron chi connectivity index (χ4n) is 3.18. The highest BCUT2D eigenvalue weighted by atomic mass is 19.1. The number of nitrogens with one attached hydrogen (secondary N) is 2. The van der Waals surface area contributed by atoms with E-state index < -0.39 is 5.82 Å². The number of nitrogens with zero attached hydrogens (tertiary/aromatic N) is 4. The molecule has 2 amide bonds. The normalized spacial score (nSPS) is 14.4. The number of imidazole rings is 1. The molecule has 9 heteroatoms. The van der Waals surface area contributed by atoms with Gasteiger partial charge in [0, 0.05) is 31.2 Å². The van der Waals surface area contributed by atoms with Crippen LogP contribution in [-0.4, -0.2) is 31.1 Å². The maximum Gasteiger partial charge on any atom is 0.255 e. The second-order valence-corrected chi connectivity index (χ2v) is 7.17. The van der Waals surface area contributed by atoms with Crippen molar-refractivity contribution in [1.82, 2.24) is 24.6 Å². The maximum atomic E-state index is 13.0. The first kappa shape index (κ1) is 18.9. The van der Waals surface area contributed by atoms with Gasteiger partial charge in [-0.3, -0.25) is 14.3 Å². The molecule has 3 aromatic rings. The molecule has 2 aromatic heterocycles. The zero-order valence-corrected chi connectivity index (χ0v) is 15.9. The summed E-state index contributed by atoms with van der Waals surface area (Å²) in [6.45, 7) is 0.0278. The molecular weight excluding hydrogens is 375 g/mol. The highest BCUT2D eigenvalue weighted by Crippen LogP contribution is 2.40. The van der Waals surface area contributed by atoms with Crippen molar-refractivity contribution >= 4 is 17.5 Å². The average molecular weight is 396 g/mol. The van der Waals surface area contributed by atoms with Gasteiger partial charge in [0.05, 0.1) is 17.9 Å². The van der Waals surface area contributed by atoms with Gasteiger partial charge in [-0.1, -0.05) is 0 Å². The number of rotatable bonds is 7. The van der Waals surface area contributed by atoms with Crippen LogP contribution in [0.2, 0.25) is 0 Å². The zero-order valence-electron chi connectivity index (χ0n) is 15.9. The van der Waals surface area contributed by atoms with E-state index in [1.54, 1.807) is 12.4 Å². The van der Waals surface area contributed by atoms with E-state index in [0.717, 1.165) is 18.7 Å². The van der Waals surface area contributed by atoms with Gasteiger partial charge in [-0.15, -0.1) is 0 Å². The molecule has 0 aliphatic heterocycles. The minimum Gasteiger partial charge on any atom is -0.344 e. The van der Waals surface area contributed by atoms with Gasteiger partial charge in [-0.25, -0.2) is 9.37 Å². The third-order valence-electron chi connectivity index (χ3n) is 4.85. The van der Waals surface area contributed by atoms with E-state index in [0.29, 0.717) is 17.2 Å². The van der Waals surface area contributed by atoms with Gasteiger partial charge in [0.25, 0.3) is 5.91 Å². The number of aryl methyl sites for hydroxylation is 1. The first-order valence-electron chi connectivity index (χ1n) is 9.35. The third kappa shape index (κ3) is 4.50. The summed E-state index contributed by atoms with van der Waals surface area (Å²) in [5, 5.41) is 9.85. The molecule has 1 saturated carbocycles. The monoisotopic (exact) mass is 396 g/mol. The Bertz CT molecular complexity index is 1020. The predicted molar refractivity (Wildman–Crippen MR) is 103 cm³/mol. The van der Waals surface area contributed by atoms with Crippen molar-refractivity contribution in [3.8, 4) is 0 Å². The molecule has 150 valence electrons. The number of amides is 2. The van der Waals surface area contributed by atoms with Crippen LogP contribution in [0.3, 0.4) is 0 Å². The Balaban J connectivity index is 1.36. The third-order valence-corrected chi connectivity index (χ3v) is 4.85. The molecule has 1 fully saturated rings. The van der Waals surface area contributed by atoms with Crippen LogP contribution in [0.25, 0.3) is 0 Å². The van der Waals surface area contributed by atoms with Crippen molar-refractivity contribution in [2.45, 2.75) is 25.4 Å². The standard InChI is InChI=1S/C20H21FN6O2/c1-26-9-8-22-19(26)18(13-2-3-13)25-17(28)12-27-11-16(10-23-27)24-20(29)14-4-6-15(21)7-5-14/h4-11,13,18H,2-3,12H2,1H3,(H,24,29)(H,25,28). The van der Waals surface area contributed by atoms with Gasteiger partial charge in [0.15, 0.2) is 0 Å². The van der Waals surface area contributed by atoms with Crippen molar-refractivity contribution in [2.75, 3.05) is 5.32 Å². The lowest BCUT2D eigenvalue weighted by Crippen LogP contribution is -2.34. The van der Waals surface area contributed by atoms with Gasteiger partial charge in [0.2, 0.25) is 5.91 Å². The van der Waals surface area contributed by atoms with E-state index in [1.165, 1.54) is 35.1 Å². The topological polar surface area (TPSA) is 93.8 Å². The molecule has 0 bridgehead atoms. The Morgan fingerprint density at radius 2 is 2.03 bits per heavy atom. The van der Waals surface area contributed by atoms with E-state index in [1.807, 2.05) is 17.8 Å². The summed E-state index contributed by atoms with van der Waals surface area (Å²) in [5.41, 5.74) is 0.786. The van der Waals surface area contributed by atoms with E-state index in [-0.39, 0.29) is 24.4 Å². The summed E-state index contributed by atoms with van der Waals surface area (Å²) >= 11 is 0. The summed E-state index contributed by atoms with van der Waals surface area (Å²) in [6.07, 6.45) is 8.76. The molecule has 0 spiro atoms. The Hall–Kier alpha value is -3.49. The van der Waals surface area contributed by atoms with Gasteiger partial charge in [-0.2, -0.15) is 5.10 Å². The summed E-state index contributed by atoms with van der Waals surface area (Å²) in [6, 6.07) is 5.13. The molecule has 0 radical (unpaired) electrons. The molecule has 1 atom stereocenters. The number of hydrogen-bond acceptors (Lipinski definition) is 4. The van der Waals surface area contributed by atoms with Crippen LogP contribution in [0.5, 0.6) is 0 Å². The fourth-order valence-corrected chi connectivity index (χ4v) is 3.18. The number of anilines is 1. The molecule has 4 rings (SSSR count). The summed E-state index contributed by atoms with van der Waals surface area (Å²) < 4.78 is 16.3. The summed E-state index contributed by atoms with van der Waals surface area (Å²) in [4.78, 5) is 29.1. The Morgan fingerprint density at radius 3 is 2.69 bits per heavy atom. The van der Waals surface area contributed by atoms with Crippen molar-refractivity contribution in [3.63, 3.8) is 0 Å². The van der Waals surface area contributed by atoms with Crippen LogP contribution >= 0.6 is 0 Å². The molecule has 1 aliphatic carbocycles. The second kappa shape index (κ2) is 7.86. The first-order valence-corrected chi connectivity index (χ1v) is 9.35. The highest BCUT2D eigenvalue weighted by molar-refractivity contribution is 6.04. The van der Waals surface area contributed by atoms with Crippen LogP contribution in [0.4, 0.5) is 10.1 Å². The lowest BCUT2D eigenvalue weighted by Gasteiger charge is -2.18. The number of halogens is 1. The second-order valence-electron chi connectivity index (χ2n) is 7.17. The maximum absolute atomic E-state index is 13.0. The molecule has 8 nitrogen and oxygen atoms in total. The molecule has 29 heavy (non-hydrogen) atoms. The van der Waals surface area contributed by atoms with Gasteiger partial charge in [-0.05, 0) is 43.0 Å². The number of carbonyl (C=O) groups excluding carboxylic acids is 2. The average Bonchev–Trinajstić information content (AvgIpc) is 3.31. The molecule has 2 heterocycles. The van der Waals surface area contributed by atoms with Crippen molar-refractivity contribution < 1.29 is 14.0 Å². The fraction of sp³-hybridized carbons (Fsp3) is 0.300. The van der Waals surface area contributed by atoms with E-state index >= 15 is 0 Å². The van der Waals surface area contributed by atoms with Crippen LogP contribution in [0.15, 0.2) is 49.1 Å². The molecule has 1 unspecified atom stereocenters. The lowest BCUT2D eigenvalue weighted by molar-refractivity contribution is -0.122. The van der Waals surface area contributed by atoms with E-state index in [9.17, 15) is 14.0 Å². The van der Waals surface area contributed by atoms with Gasteiger partial charge >= 0.3 is 0 Å². The zero-order chi connectivity index (χ0) is 20.4. The van der Waals surface area contributed by atoms with Gasteiger partial charge in [0.1, 0.15) is 18.2 Å². The minimum atomic E-state index is -0.407. The summed E-state index contributed by atoms with van der Waals surface area (Å²) in [7, 11) is 1.91. The van der Waals surface area contributed by atoms with Crippen LogP contribution in [0.1, 0.15) is 35.1 Å². The van der Waals surface area contributed by atoms with Crippen molar-refractivity contribution in [2.24, 2.45) is 13.0 Å². The molecule has 0 saturated heterocycles. The largest absolute Gasteiger partial charge is 0.344 e. The molecule has 2 N–H and O–H groups in total. The number of benzene rings is 1. The smallest absolute Gasteiger partial charge is 0.255 e. The van der Waals surface area contributed by atoms with E-state index in [2.05, 4.69) is 20.7 Å². The summed E-state index contributed by atoms with van der Waals surface area (Å²) in [5.74, 6) is 0.286. The number of hydrogen-bond donors (Lipinski definition) is 2. The Labute approximate surface area is 166 Å². The SMILES string of the molecule is Cn1ccnc1C(NC(=O)Cn1cc(NC(=O)c2ccc(F)cc2)cn1)C1CC1. The predicted octanol–water partition coefficient (Wildman–Crippen LogP) is 2.28. The lowest BCUT2D eigenvalue weighted by atomic mass is 10.1. The number of aromatic nitrogens is 4. The van der Waals surface area contributed by atoms with Crippen LogP contribution in [-0.2, 0) is 18.4 Å². The Morgan fingerprint density at radius 1 is 1.28 bits per heavy atom. The van der Waals surface area contributed by atoms with Crippen LogP contribution < -0.4 is 10.6 Å². The number of carbonyl (C=O) groups is 2. The highest BCUT2D eigenvalue weighted by Gasteiger charge is 2.35. The molecule has 1 aliphatic rings. The van der Waals surface area contributed by atoms with Crippen molar-refractivity contribution in [1.29, 1.82) is 0 Å². The van der Waals surface area contributed by atoms with E-state index in [4.69, 9.17) is 0 Å². The van der Waals surface area contributed by atoms with Crippen LogP contribution in [0, 0.1) is 11.7 Å².